The molecule has 0 saturated carbocycles. The third kappa shape index (κ3) is 4.32. The Hall–Kier alpha value is -1.49. The van der Waals surface area contributed by atoms with Gasteiger partial charge in [-0.2, -0.15) is 0 Å². The van der Waals surface area contributed by atoms with E-state index in [-0.39, 0.29) is 37.8 Å². The van der Waals surface area contributed by atoms with Gasteiger partial charge in [-0.15, -0.1) is 0 Å². The summed E-state index contributed by atoms with van der Waals surface area (Å²) >= 11 is 0. The zero-order chi connectivity index (χ0) is 17.2. The maximum Gasteiger partial charge on any atom is 0.251 e. The second-order valence-corrected chi connectivity index (χ2v) is 7.22. The zero-order valence-corrected chi connectivity index (χ0v) is 14.3. The van der Waals surface area contributed by atoms with Crippen molar-refractivity contribution in [3.05, 3.63) is 35.4 Å². The first-order chi connectivity index (χ1) is 11.4. The monoisotopic (exact) mass is 336 g/mol. The molecular weight excluding hydrogens is 310 g/mol. The molecule has 0 spiro atoms. The summed E-state index contributed by atoms with van der Waals surface area (Å²) in [6.45, 7) is 5.21. The lowest BCUT2D eigenvalue weighted by Gasteiger charge is -2.37. The van der Waals surface area contributed by atoms with Crippen LogP contribution in [0, 0.1) is 12.8 Å². The number of halogens is 2. The van der Waals surface area contributed by atoms with E-state index in [2.05, 4.69) is 36.1 Å². The van der Waals surface area contributed by atoms with Crippen LogP contribution in [0.15, 0.2) is 24.3 Å². The van der Waals surface area contributed by atoms with Crippen molar-refractivity contribution in [2.24, 2.45) is 5.92 Å². The summed E-state index contributed by atoms with van der Waals surface area (Å²) in [5.74, 6) is -2.50. The average molecular weight is 336 g/mol. The van der Waals surface area contributed by atoms with E-state index in [1.807, 2.05) is 0 Å². The molecule has 0 radical (unpaired) electrons. The second kappa shape index (κ2) is 7.18. The van der Waals surface area contributed by atoms with Crippen molar-refractivity contribution in [2.75, 3.05) is 26.2 Å². The zero-order valence-electron chi connectivity index (χ0n) is 14.3. The smallest absolute Gasteiger partial charge is 0.251 e. The molecule has 24 heavy (non-hydrogen) atoms. The van der Waals surface area contributed by atoms with Crippen molar-refractivity contribution >= 4 is 5.91 Å². The lowest BCUT2D eigenvalue weighted by molar-refractivity contribution is -0.143. The molecule has 0 N–H and O–H groups in total. The van der Waals surface area contributed by atoms with Gasteiger partial charge in [0.05, 0.1) is 0 Å². The Balaban J connectivity index is 1.47. The van der Waals surface area contributed by atoms with Gasteiger partial charge < -0.3 is 4.90 Å². The lowest BCUT2D eigenvalue weighted by Crippen LogP contribution is -2.47. The van der Waals surface area contributed by atoms with E-state index in [4.69, 9.17) is 0 Å². The van der Waals surface area contributed by atoms with Crippen LogP contribution in [0.2, 0.25) is 0 Å². The molecule has 132 valence electrons. The van der Waals surface area contributed by atoms with Gasteiger partial charge in [-0.3, -0.25) is 9.69 Å². The lowest BCUT2D eigenvalue weighted by atomic mass is 9.93. The van der Waals surface area contributed by atoms with Gasteiger partial charge in [-0.05, 0) is 38.4 Å². The van der Waals surface area contributed by atoms with Gasteiger partial charge in [0, 0.05) is 38.4 Å². The predicted molar refractivity (Wildman–Crippen MR) is 89.9 cm³/mol. The quantitative estimate of drug-likeness (QED) is 0.844. The van der Waals surface area contributed by atoms with Crippen molar-refractivity contribution in [3.63, 3.8) is 0 Å². The Morgan fingerprint density at radius 1 is 1.17 bits per heavy atom. The van der Waals surface area contributed by atoms with Crippen LogP contribution in [-0.2, 0) is 11.3 Å². The van der Waals surface area contributed by atoms with E-state index < -0.39 is 5.92 Å². The van der Waals surface area contributed by atoms with E-state index in [0.717, 1.165) is 32.5 Å². The average Bonchev–Trinajstić information content (AvgIpc) is 2.55. The van der Waals surface area contributed by atoms with Crippen LogP contribution in [0.4, 0.5) is 8.78 Å². The molecule has 0 aromatic heterocycles. The highest BCUT2D eigenvalue weighted by Gasteiger charge is 2.37. The molecule has 1 amide bonds. The molecule has 2 heterocycles. The molecular formula is C19H26F2N2O. The number of hydrogen-bond acceptors (Lipinski definition) is 2. The van der Waals surface area contributed by atoms with Crippen molar-refractivity contribution < 1.29 is 13.6 Å². The standard InChI is InChI=1S/C19H26F2N2O/c1-15-3-2-4-16(13-15)14-22-9-5-17(6-10-22)18(24)23-11-7-19(20,21)8-12-23/h2-4,13,17H,5-12,14H2,1H3. The molecule has 2 aliphatic rings. The van der Waals surface area contributed by atoms with Crippen LogP contribution in [0.5, 0.6) is 0 Å². The molecule has 2 saturated heterocycles. The number of benzene rings is 1. The fourth-order valence-corrected chi connectivity index (χ4v) is 3.72. The number of piperidine rings is 2. The van der Waals surface area contributed by atoms with E-state index >= 15 is 0 Å². The first-order valence-corrected chi connectivity index (χ1v) is 8.87. The maximum atomic E-state index is 13.2. The predicted octanol–water partition coefficient (Wildman–Crippen LogP) is 3.46. The second-order valence-electron chi connectivity index (χ2n) is 7.22. The van der Waals surface area contributed by atoms with Crippen molar-refractivity contribution in [3.8, 4) is 0 Å². The molecule has 0 atom stereocenters. The molecule has 0 bridgehead atoms. The number of rotatable bonds is 3. The van der Waals surface area contributed by atoms with Crippen LogP contribution in [0.1, 0.15) is 36.8 Å². The van der Waals surface area contributed by atoms with Crippen LogP contribution < -0.4 is 0 Å². The van der Waals surface area contributed by atoms with Crippen LogP contribution in [-0.4, -0.2) is 47.8 Å². The van der Waals surface area contributed by atoms with Gasteiger partial charge in [-0.25, -0.2) is 8.78 Å². The number of carbonyl (C=O) groups excluding carboxylic acids is 1. The summed E-state index contributed by atoms with van der Waals surface area (Å²) in [6.07, 6.45) is 1.28. The minimum atomic E-state index is -2.59. The molecule has 0 aliphatic carbocycles. The summed E-state index contributed by atoms with van der Waals surface area (Å²) in [5, 5.41) is 0. The van der Waals surface area contributed by atoms with E-state index in [1.165, 1.54) is 11.1 Å². The molecule has 3 rings (SSSR count). The highest BCUT2D eigenvalue weighted by atomic mass is 19.3. The van der Waals surface area contributed by atoms with Crippen molar-refractivity contribution in [1.29, 1.82) is 0 Å². The molecule has 3 nitrogen and oxygen atoms in total. The topological polar surface area (TPSA) is 23.6 Å². The number of nitrogens with zero attached hydrogens (tertiary/aromatic N) is 2. The summed E-state index contributed by atoms with van der Waals surface area (Å²) in [6, 6.07) is 8.51. The summed E-state index contributed by atoms with van der Waals surface area (Å²) < 4.78 is 26.5. The number of hydrogen-bond donors (Lipinski definition) is 0. The van der Waals surface area contributed by atoms with Crippen molar-refractivity contribution in [2.45, 2.75) is 45.1 Å². The molecule has 2 fully saturated rings. The Labute approximate surface area is 142 Å². The Morgan fingerprint density at radius 3 is 2.46 bits per heavy atom. The number of aryl methyl sites for hydroxylation is 1. The fourth-order valence-electron chi connectivity index (χ4n) is 3.72. The first kappa shape index (κ1) is 17.3. The van der Waals surface area contributed by atoms with Gasteiger partial charge in [0.1, 0.15) is 0 Å². The maximum absolute atomic E-state index is 13.2. The summed E-state index contributed by atoms with van der Waals surface area (Å²) in [7, 11) is 0. The molecule has 1 aromatic rings. The van der Waals surface area contributed by atoms with E-state index in [1.54, 1.807) is 4.90 Å². The normalized spacial score (nSPS) is 22.5. The number of amides is 1. The Morgan fingerprint density at radius 2 is 1.83 bits per heavy atom. The van der Waals surface area contributed by atoms with Gasteiger partial charge in [0.15, 0.2) is 0 Å². The highest BCUT2D eigenvalue weighted by Crippen LogP contribution is 2.30. The third-order valence-electron chi connectivity index (χ3n) is 5.23. The van der Waals surface area contributed by atoms with Gasteiger partial charge in [-0.1, -0.05) is 29.8 Å². The Bertz CT molecular complexity index is 572. The van der Waals surface area contributed by atoms with Crippen LogP contribution in [0.25, 0.3) is 0 Å². The Kier molecular flexibility index (Phi) is 5.18. The van der Waals surface area contributed by atoms with Gasteiger partial charge in [0.25, 0.3) is 5.92 Å². The first-order valence-electron chi connectivity index (χ1n) is 8.87. The largest absolute Gasteiger partial charge is 0.342 e. The van der Waals surface area contributed by atoms with Crippen molar-refractivity contribution in [1.82, 2.24) is 9.80 Å². The van der Waals surface area contributed by atoms with E-state index in [9.17, 15) is 13.6 Å². The van der Waals surface area contributed by atoms with Crippen LogP contribution >= 0.6 is 0 Å². The van der Waals surface area contributed by atoms with Gasteiger partial charge >= 0.3 is 0 Å². The number of alkyl halides is 2. The highest BCUT2D eigenvalue weighted by molar-refractivity contribution is 5.79. The molecule has 0 unspecified atom stereocenters. The minimum Gasteiger partial charge on any atom is -0.342 e. The fraction of sp³-hybridized carbons (Fsp3) is 0.632. The molecule has 5 heteroatoms. The molecule has 1 aromatic carbocycles. The summed E-state index contributed by atoms with van der Waals surface area (Å²) in [5.41, 5.74) is 2.57. The SMILES string of the molecule is Cc1cccc(CN2CCC(C(=O)N3CCC(F)(F)CC3)CC2)c1. The summed E-state index contributed by atoms with van der Waals surface area (Å²) in [4.78, 5) is 16.6. The van der Waals surface area contributed by atoms with Gasteiger partial charge in [0.2, 0.25) is 5.91 Å². The third-order valence-corrected chi connectivity index (χ3v) is 5.23. The van der Waals surface area contributed by atoms with Crippen LogP contribution in [0.3, 0.4) is 0 Å². The number of carbonyl (C=O) groups is 1. The minimum absolute atomic E-state index is 0.00508. The van der Waals surface area contributed by atoms with E-state index in [0.29, 0.717) is 0 Å². The molecule has 2 aliphatic heterocycles. The number of likely N-dealkylation sites (tertiary alicyclic amines) is 2.